The molecule has 0 aliphatic carbocycles. The number of nitrogens with zero attached hydrogens (tertiary/aromatic N) is 5. The lowest BCUT2D eigenvalue weighted by Gasteiger charge is -2.49. The van der Waals surface area contributed by atoms with E-state index in [2.05, 4.69) is 20.8 Å². The molecule has 1 fully saturated rings. The summed E-state index contributed by atoms with van der Waals surface area (Å²) in [6.45, 7) is 1.60. The lowest BCUT2D eigenvalue weighted by atomic mass is 10.0. The van der Waals surface area contributed by atoms with Gasteiger partial charge < -0.3 is 21.3 Å². The maximum Gasteiger partial charge on any atom is 0.352 e. The van der Waals surface area contributed by atoms with Crippen LogP contribution in [0.15, 0.2) is 44.8 Å². The van der Waals surface area contributed by atoms with E-state index < -0.39 is 23.3 Å². The maximum absolute atomic E-state index is 12.9. The first-order valence-electron chi connectivity index (χ1n) is 10.7. The molecule has 2 amide bonds. The largest absolute Gasteiger partial charge is 0.477 e. The highest BCUT2D eigenvalue weighted by Gasteiger charge is 2.54. The molecule has 0 radical (unpaired) electrons. The molecule has 1 aromatic rings. The van der Waals surface area contributed by atoms with Crippen LogP contribution in [0.1, 0.15) is 12.6 Å². The summed E-state index contributed by atoms with van der Waals surface area (Å²) in [4.78, 5) is 47.2. The van der Waals surface area contributed by atoms with Gasteiger partial charge >= 0.3 is 5.97 Å². The molecule has 6 N–H and O–H groups in total. The highest BCUT2D eigenvalue weighted by Crippen LogP contribution is 2.42. The first-order valence-corrected chi connectivity index (χ1v) is 13.6. The number of aliphatic carboxylic acids is 1. The van der Waals surface area contributed by atoms with Crippen LogP contribution < -0.4 is 16.6 Å². The van der Waals surface area contributed by atoms with Gasteiger partial charge in [-0.25, -0.2) is 19.8 Å². The van der Waals surface area contributed by atoms with Crippen molar-refractivity contribution in [1.82, 2.24) is 30.8 Å². The smallest absolute Gasteiger partial charge is 0.352 e. The zero-order chi connectivity index (χ0) is 25.6. The number of thioether (sulfide) groups is 2. The Bertz CT molecular complexity index is 1260. The van der Waals surface area contributed by atoms with Gasteiger partial charge in [0.25, 0.3) is 5.91 Å². The van der Waals surface area contributed by atoms with Gasteiger partial charge in [0.15, 0.2) is 11.0 Å². The highest BCUT2D eigenvalue weighted by molar-refractivity contribution is 8.03. The third-order valence-electron chi connectivity index (χ3n) is 5.60. The molecule has 5 rings (SSSR count). The van der Waals surface area contributed by atoms with Crippen LogP contribution in [0.5, 0.6) is 0 Å². The number of carbonyl (C=O) groups is 3. The normalized spacial score (nSPS) is 23.0. The third kappa shape index (κ3) is 4.57. The van der Waals surface area contributed by atoms with Crippen molar-refractivity contribution in [2.45, 2.75) is 24.8 Å². The van der Waals surface area contributed by atoms with Crippen LogP contribution >= 0.6 is 34.9 Å². The number of β-lactam (4-membered cyclic amide) rings is 1. The molecule has 1 unspecified atom stereocenters. The van der Waals surface area contributed by atoms with Crippen LogP contribution in [-0.2, 0) is 20.8 Å². The van der Waals surface area contributed by atoms with Gasteiger partial charge in [-0.15, -0.1) is 40.4 Å². The summed E-state index contributed by atoms with van der Waals surface area (Å²) in [7, 11) is 0. The summed E-state index contributed by atoms with van der Waals surface area (Å²) in [5.74, 6) is -0.680. The van der Waals surface area contributed by atoms with E-state index in [9.17, 15) is 24.6 Å². The Morgan fingerprint density at radius 1 is 1.42 bits per heavy atom. The quantitative estimate of drug-likeness (QED) is 0.271. The number of aliphatic hydroxyl groups excluding tert-OH is 1. The van der Waals surface area contributed by atoms with Gasteiger partial charge in [0.1, 0.15) is 23.8 Å². The first-order chi connectivity index (χ1) is 17.2. The van der Waals surface area contributed by atoms with Crippen LogP contribution in [0, 0.1) is 0 Å². The van der Waals surface area contributed by atoms with Crippen LogP contribution in [-0.4, -0.2) is 83.3 Å². The van der Waals surface area contributed by atoms with Crippen molar-refractivity contribution in [2.75, 3.05) is 24.0 Å². The van der Waals surface area contributed by atoms with E-state index in [-0.39, 0.29) is 24.8 Å². The molecule has 2 atom stereocenters. The van der Waals surface area contributed by atoms with E-state index in [1.807, 2.05) is 13.0 Å². The average molecular weight is 551 g/mol. The van der Waals surface area contributed by atoms with E-state index in [1.165, 1.54) is 44.8 Å². The Balaban J connectivity index is 1.26. The Morgan fingerprint density at radius 2 is 2.22 bits per heavy atom. The number of allylic oxidation sites excluding steroid dienone is 1. The fourth-order valence-electron chi connectivity index (χ4n) is 4.03. The molecular weight excluding hydrogens is 528 g/mol. The van der Waals surface area contributed by atoms with Crippen molar-refractivity contribution >= 4 is 63.5 Å². The Morgan fingerprint density at radius 3 is 2.92 bits per heavy atom. The molecule has 36 heavy (non-hydrogen) atoms. The van der Waals surface area contributed by atoms with Gasteiger partial charge in [0.05, 0.1) is 23.3 Å². The molecule has 0 bridgehead atoms. The molecule has 16 heteroatoms. The predicted octanol–water partition coefficient (Wildman–Crippen LogP) is -0.159. The zero-order valence-electron chi connectivity index (χ0n) is 18.9. The second kappa shape index (κ2) is 9.78. The molecule has 190 valence electrons. The van der Waals surface area contributed by atoms with Gasteiger partial charge in [0, 0.05) is 22.6 Å². The Hall–Kier alpha value is -3.05. The second-order valence-electron chi connectivity index (χ2n) is 8.12. The molecule has 4 aliphatic rings. The van der Waals surface area contributed by atoms with Crippen molar-refractivity contribution in [3.63, 3.8) is 0 Å². The number of aliphatic hydroxyl groups is 1. The number of fused-ring (bicyclic) bond motifs is 2. The molecule has 0 spiro atoms. The molecule has 1 aromatic heterocycles. The fraction of sp³-hybridized carbons (Fsp3) is 0.350. The number of nitrogens with two attached hydrogens (primary N) is 1. The summed E-state index contributed by atoms with van der Waals surface area (Å²) in [5, 5.41) is 27.5. The summed E-state index contributed by atoms with van der Waals surface area (Å²) in [5.41, 5.74) is 10.4. The molecule has 0 aromatic carbocycles. The van der Waals surface area contributed by atoms with E-state index in [0.29, 0.717) is 33.7 Å². The van der Waals surface area contributed by atoms with Gasteiger partial charge in [-0.2, -0.15) is 0 Å². The number of amides is 2. The zero-order valence-corrected chi connectivity index (χ0v) is 21.3. The van der Waals surface area contributed by atoms with Crippen LogP contribution in [0.25, 0.3) is 0 Å². The standard InChI is InChI=1S/C20H22N8O5S3/c1-9-2-14(28-12(22-9)4-26(8-29)25-28)34-5-10-6-35-18-15(17(31)27(18)16(10)19(32)33)24-13(30)3-11-7-36-20(21)23-11/h2,4,7,15,18,25,29H,3,5-6,8H2,1H3,(H2,21,23)(H,24,30)(H,32,33)/t15?,18-/m1/s1. The van der Waals surface area contributed by atoms with Crippen molar-refractivity contribution < 1.29 is 24.6 Å². The number of rotatable bonds is 8. The number of nitrogens with one attached hydrogen (secondary N) is 2. The number of aromatic nitrogens is 1. The summed E-state index contributed by atoms with van der Waals surface area (Å²) >= 11 is 4.04. The van der Waals surface area contributed by atoms with Crippen LogP contribution in [0.2, 0.25) is 0 Å². The molecule has 5 heterocycles. The van der Waals surface area contributed by atoms with Crippen molar-refractivity contribution in [3.05, 3.63) is 45.5 Å². The Labute approximate surface area is 217 Å². The monoisotopic (exact) mass is 550 g/mol. The van der Waals surface area contributed by atoms with Crippen LogP contribution in [0.4, 0.5) is 5.13 Å². The number of carboxylic acid groups (broad SMARTS) is 1. The summed E-state index contributed by atoms with van der Waals surface area (Å²) < 4.78 is 0. The third-order valence-corrected chi connectivity index (χ3v) is 8.75. The molecular formula is C20H22N8O5S3. The SMILES string of the molecule is CC1=NC2=CN(CO)NN2C(SCC2=C(C(=O)O)N3C(=O)C(NC(=O)Cc4csc(N)n4)[C@H]3SC2)=C1. The van der Waals surface area contributed by atoms with E-state index >= 15 is 0 Å². The molecule has 4 aliphatic heterocycles. The number of carboxylic acids is 1. The molecule has 1 saturated heterocycles. The highest BCUT2D eigenvalue weighted by atomic mass is 32.2. The van der Waals surface area contributed by atoms with Crippen LogP contribution in [0.3, 0.4) is 0 Å². The van der Waals surface area contributed by atoms with Crippen molar-refractivity contribution in [2.24, 2.45) is 4.99 Å². The van der Waals surface area contributed by atoms with Gasteiger partial charge in [-0.1, -0.05) is 0 Å². The maximum atomic E-state index is 12.9. The fourth-order valence-corrected chi connectivity index (χ4v) is 7.15. The molecule has 13 nitrogen and oxygen atoms in total. The summed E-state index contributed by atoms with van der Waals surface area (Å²) in [6, 6.07) is -0.798. The second-order valence-corrected chi connectivity index (χ2v) is 11.1. The van der Waals surface area contributed by atoms with E-state index in [1.54, 1.807) is 16.6 Å². The first kappa shape index (κ1) is 24.6. The topological polar surface area (TPSA) is 177 Å². The van der Waals surface area contributed by atoms with Gasteiger partial charge in [-0.05, 0) is 18.6 Å². The number of thiazole rings is 1. The van der Waals surface area contributed by atoms with Crippen molar-refractivity contribution in [1.29, 1.82) is 0 Å². The Kier molecular flexibility index (Phi) is 6.69. The number of hydrogen-bond acceptors (Lipinski definition) is 13. The number of hydrazine groups is 2. The number of anilines is 1. The van der Waals surface area contributed by atoms with Gasteiger partial charge in [-0.3, -0.25) is 19.5 Å². The van der Waals surface area contributed by atoms with Gasteiger partial charge in [0.2, 0.25) is 5.91 Å². The summed E-state index contributed by atoms with van der Waals surface area (Å²) in [6.07, 6.45) is 3.51. The minimum absolute atomic E-state index is 0.00903. The number of nitrogen functional groups attached to an aromatic ring is 1. The lowest BCUT2D eigenvalue weighted by molar-refractivity contribution is -0.150. The minimum atomic E-state index is -1.19. The number of hydrogen-bond donors (Lipinski definition) is 5. The average Bonchev–Trinajstić information content (AvgIpc) is 3.45. The van der Waals surface area contributed by atoms with E-state index in [4.69, 9.17) is 5.73 Å². The number of carbonyl (C=O) groups excluding carboxylic acids is 2. The van der Waals surface area contributed by atoms with Crippen molar-refractivity contribution in [3.8, 4) is 0 Å². The predicted molar refractivity (Wildman–Crippen MR) is 136 cm³/mol. The molecule has 0 saturated carbocycles. The number of aliphatic imine (C=N–C) groups is 1. The minimum Gasteiger partial charge on any atom is -0.477 e. The van der Waals surface area contributed by atoms with E-state index in [0.717, 1.165) is 10.7 Å². The lowest BCUT2D eigenvalue weighted by Crippen LogP contribution is -2.70.